The fourth-order valence-electron chi connectivity index (χ4n) is 2.49. The van der Waals surface area contributed by atoms with Crippen LogP contribution in [0, 0.1) is 6.92 Å². The molecule has 0 saturated heterocycles. The molecule has 7 heteroatoms. The highest BCUT2D eigenvalue weighted by Gasteiger charge is 2.17. The SMILES string of the molecule is Cc1ccc(NC(=O)Cc2nc(COC(=O)[C@H](C)Oc3ccccc3)cs2)cc1. The number of anilines is 1. The van der Waals surface area contributed by atoms with Crippen molar-refractivity contribution in [2.24, 2.45) is 0 Å². The zero-order valence-electron chi connectivity index (χ0n) is 16.3. The van der Waals surface area contributed by atoms with Crippen molar-refractivity contribution < 1.29 is 19.1 Å². The van der Waals surface area contributed by atoms with E-state index in [1.807, 2.05) is 49.4 Å². The van der Waals surface area contributed by atoms with Crippen LogP contribution in [0.4, 0.5) is 5.69 Å². The minimum Gasteiger partial charge on any atom is -0.479 e. The Balaban J connectivity index is 1.45. The summed E-state index contributed by atoms with van der Waals surface area (Å²) in [5, 5.41) is 5.28. The van der Waals surface area contributed by atoms with E-state index in [4.69, 9.17) is 9.47 Å². The standard InChI is InChI=1S/C22H22N2O4S/c1-15-8-10-17(11-9-15)23-20(25)12-21-24-18(14-29-21)13-27-22(26)16(2)28-19-6-4-3-5-7-19/h3-11,14,16H,12-13H2,1-2H3,(H,23,25)/t16-/m0/s1. The Kier molecular flexibility index (Phi) is 6.97. The first-order chi connectivity index (χ1) is 14.0. The maximum atomic E-state index is 12.2. The molecule has 1 amide bonds. The third-order valence-electron chi connectivity index (χ3n) is 4.00. The number of para-hydroxylation sites is 1. The maximum absolute atomic E-state index is 12.2. The van der Waals surface area contributed by atoms with Crippen LogP contribution >= 0.6 is 11.3 Å². The Labute approximate surface area is 173 Å². The van der Waals surface area contributed by atoms with Crippen LogP contribution in [0.25, 0.3) is 0 Å². The summed E-state index contributed by atoms with van der Waals surface area (Å²) < 4.78 is 10.8. The molecule has 3 aromatic rings. The van der Waals surface area contributed by atoms with E-state index < -0.39 is 12.1 Å². The molecule has 0 fully saturated rings. The topological polar surface area (TPSA) is 77.5 Å². The number of nitrogens with one attached hydrogen (secondary N) is 1. The third kappa shape index (κ3) is 6.43. The molecule has 6 nitrogen and oxygen atoms in total. The van der Waals surface area contributed by atoms with Crippen LogP contribution in [0.2, 0.25) is 0 Å². The Morgan fingerprint density at radius 3 is 2.55 bits per heavy atom. The molecule has 1 N–H and O–H groups in total. The van der Waals surface area contributed by atoms with Crippen LogP contribution in [0.15, 0.2) is 60.0 Å². The van der Waals surface area contributed by atoms with Gasteiger partial charge in [-0.25, -0.2) is 9.78 Å². The molecule has 0 aliphatic carbocycles. The van der Waals surface area contributed by atoms with Crippen LogP contribution in [0.5, 0.6) is 5.75 Å². The predicted octanol–water partition coefficient (Wildman–Crippen LogP) is 4.14. The van der Waals surface area contributed by atoms with E-state index in [1.165, 1.54) is 11.3 Å². The first-order valence-corrected chi connectivity index (χ1v) is 10.1. The van der Waals surface area contributed by atoms with Crippen molar-refractivity contribution in [3.8, 4) is 5.75 Å². The second-order valence-corrected chi connectivity index (χ2v) is 7.45. The lowest BCUT2D eigenvalue weighted by molar-refractivity contribution is -0.152. The van der Waals surface area contributed by atoms with Gasteiger partial charge in [-0.15, -0.1) is 11.3 Å². The van der Waals surface area contributed by atoms with Gasteiger partial charge in [-0.2, -0.15) is 0 Å². The predicted molar refractivity (Wildman–Crippen MR) is 112 cm³/mol. The number of esters is 1. The van der Waals surface area contributed by atoms with Gasteiger partial charge in [0.1, 0.15) is 17.4 Å². The zero-order valence-corrected chi connectivity index (χ0v) is 17.1. The summed E-state index contributed by atoms with van der Waals surface area (Å²) in [6.07, 6.45) is -0.559. The van der Waals surface area contributed by atoms with E-state index in [0.717, 1.165) is 11.3 Å². The summed E-state index contributed by atoms with van der Waals surface area (Å²) in [4.78, 5) is 28.6. The van der Waals surface area contributed by atoms with Crippen molar-refractivity contribution in [1.82, 2.24) is 4.98 Å². The Bertz CT molecular complexity index is 954. The van der Waals surface area contributed by atoms with Crippen molar-refractivity contribution in [3.05, 3.63) is 76.2 Å². The maximum Gasteiger partial charge on any atom is 0.347 e. The first kappa shape index (κ1) is 20.5. The van der Waals surface area contributed by atoms with E-state index in [1.54, 1.807) is 24.4 Å². The number of thiazole rings is 1. The number of amides is 1. The lowest BCUT2D eigenvalue weighted by Crippen LogP contribution is -2.26. The van der Waals surface area contributed by atoms with Gasteiger partial charge in [0.2, 0.25) is 5.91 Å². The van der Waals surface area contributed by atoms with Crippen molar-refractivity contribution in [2.45, 2.75) is 33.0 Å². The molecule has 1 heterocycles. The number of nitrogens with zero attached hydrogens (tertiary/aromatic N) is 1. The number of benzene rings is 2. The fourth-order valence-corrected chi connectivity index (χ4v) is 3.27. The Hall–Kier alpha value is -3.19. The van der Waals surface area contributed by atoms with Crippen molar-refractivity contribution in [2.75, 3.05) is 5.32 Å². The van der Waals surface area contributed by atoms with Crippen LogP contribution in [-0.4, -0.2) is 23.0 Å². The van der Waals surface area contributed by atoms with Gasteiger partial charge in [-0.05, 0) is 38.1 Å². The van der Waals surface area contributed by atoms with Crippen LogP contribution in [0.3, 0.4) is 0 Å². The van der Waals surface area contributed by atoms with Crippen molar-refractivity contribution >= 4 is 28.9 Å². The highest BCUT2D eigenvalue weighted by molar-refractivity contribution is 7.09. The van der Waals surface area contributed by atoms with Crippen LogP contribution in [0.1, 0.15) is 23.2 Å². The number of rotatable bonds is 8. The molecule has 0 aliphatic heterocycles. The molecule has 150 valence electrons. The van der Waals surface area contributed by atoms with Crippen molar-refractivity contribution in [1.29, 1.82) is 0 Å². The summed E-state index contributed by atoms with van der Waals surface area (Å²) in [7, 11) is 0. The molecule has 1 aromatic heterocycles. The molecule has 1 atom stereocenters. The lowest BCUT2D eigenvalue weighted by Gasteiger charge is -2.13. The monoisotopic (exact) mass is 410 g/mol. The van der Waals surface area contributed by atoms with Gasteiger partial charge < -0.3 is 14.8 Å². The van der Waals surface area contributed by atoms with Gasteiger partial charge in [-0.3, -0.25) is 4.79 Å². The average Bonchev–Trinajstić information content (AvgIpc) is 3.15. The Morgan fingerprint density at radius 2 is 1.83 bits per heavy atom. The number of carbonyl (C=O) groups is 2. The summed E-state index contributed by atoms with van der Waals surface area (Å²) >= 11 is 1.36. The van der Waals surface area contributed by atoms with E-state index >= 15 is 0 Å². The molecule has 0 spiro atoms. The molecule has 29 heavy (non-hydrogen) atoms. The summed E-state index contributed by atoms with van der Waals surface area (Å²) in [5.74, 6) is -0.00960. The van der Waals surface area contributed by atoms with Crippen LogP contribution < -0.4 is 10.1 Å². The van der Waals surface area contributed by atoms with E-state index in [0.29, 0.717) is 16.5 Å². The average molecular weight is 410 g/mol. The van der Waals surface area contributed by atoms with Gasteiger partial charge in [0.05, 0.1) is 12.1 Å². The Morgan fingerprint density at radius 1 is 1.10 bits per heavy atom. The normalized spacial score (nSPS) is 11.5. The second kappa shape index (κ2) is 9.84. The number of carbonyl (C=O) groups excluding carboxylic acids is 2. The summed E-state index contributed by atoms with van der Waals surface area (Å²) in [6, 6.07) is 16.7. The number of aromatic nitrogens is 1. The summed E-state index contributed by atoms with van der Waals surface area (Å²) in [6.45, 7) is 3.67. The number of aryl methyl sites for hydroxylation is 1. The van der Waals surface area contributed by atoms with Gasteiger partial charge in [-0.1, -0.05) is 35.9 Å². The summed E-state index contributed by atoms with van der Waals surface area (Å²) in [5.41, 5.74) is 2.48. The van der Waals surface area contributed by atoms with E-state index in [-0.39, 0.29) is 18.9 Å². The highest BCUT2D eigenvalue weighted by atomic mass is 32.1. The third-order valence-corrected chi connectivity index (χ3v) is 4.89. The lowest BCUT2D eigenvalue weighted by atomic mass is 10.2. The molecular weight excluding hydrogens is 388 g/mol. The fraction of sp³-hybridized carbons (Fsp3) is 0.227. The zero-order chi connectivity index (χ0) is 20.6. The minimum atomic E-state index is -0.726. The molecule has 0 bridgehead atoms. The number of ether oxygens (including phenoxy) is 2. The van der Waals surface area contributed by atoms with Gasteiger partial charge in [0, 0.05) is 11.1 Å². The number of hydrogen-bond donors (Lipinski definition) is 1. The van der Waals surface area contributed by atoms with E-state index in [2.05, 4.69) is 10.3 Å². The molecule has 0 unspecified atom stereocenters. The first-order valence-electron chi connectivity index (χ1n) is 9.18. The molecule has 0 radical (unpaired) electrons. The molecular formula is C22H22N2O4S. The molecule has 2 aromatic carbocycles. The minimum absolute atomic E-state index is 0.0391. The van der Waals surface area contributed by atoms with Gasteiger partial charge >= 0.3 is 5.97 Å². The van der Waals surface area contributed by atoms with Gasteiger partial charge in [0.25, 0.3) is 0 Å². The molecule has 0 saturated carbocycles. The quantitative estimate of drug-likeness (QED) is 0.565. The van der Waals surface area contributed by atoms with Gasteiger partial charge in [0.15, 0.2) is 6.10 Å². The molecule has 3 rings (SSSR count). The number of hydrogen-bond acceptors (Lipinski definition) is 6. The highest BCUT2D eigenvalue weighted by Crippen LogP contribution is 2.15. The second-order valence-electron chi connectivity index (χ2n) is 6.50. The van der Waals surface area contributed by atoms with E-state index in [9.17, 15) is 9.59 Å². The smallest absolute Gasteiger partial charge is 0.347 e. The van der Waals surface area contributed by atoms with Crippen LogP contribution in [-0.2, 0) is 27.4 Å². The van der Waals surface area contributed by atoms with Crippen molar-refractivity contribution in [3.63, 3.8) is 0 Å². The molecule has 0 aliphatic rings. The largest absolute Gasteiger partial charge is 0.479 e.